The number of nitrogens with one attached hydrogen (secondary N) is 1. The Morgan fingerprint density at radius 2 is 2.19 bits per heavy atom. The molecule has 0 radical (unpaired) electrons. The first kappa shape index (κ1) is 11.9. The van der Waals surface area contributed by atoms with E-state index in [1.54, 1.807) is 12.1 Å². The molecule has 1 heterocycles. The Labute approximate surface area is 101 Å². The van der Waals surface area contributed by atoms with Gasteiger partial charge in [-0.3, -0.25) is 0 Å². The lowest BCUT2D eigenvalue weighted by molar-refractivity contribution is 0.494. The van der Waals surface area contributed by atoms with Crippen LogP contribution in [0.5, 0.6) is 0 Å². The SMILES string of the molecule is Fc1cccc(Cl)c1CC1CCCCCN1. The van der Waals surface area contributed by atoms with Gasteiger partial charge >= 0.3 is 0 Å². The van der Waals surface area contributed by atoms with E-state index < -0.39 is 0 Å². The molecule has 2 rings (SSSR count). The summed E-state index contributed by atoms with van der Waals surface area (Å²) >= 11 is 6.02. The van der Waals surface area contributed by atoms with Crippen molar-refractivity contribution in [2.45, 2.75) is 38.1 Å². The predicted molar refractivity (Wildman–Crippen MR) is 65.4 cm³/mol. The highest BCUT2D eigenvalue weighted by Crippen LogP contribution is 2.22. The van der Waals surface area contributed by atoms with Crippen molar-refractivity contribution in [1.29, 1.82) is 0 Å². The van der Waals surface area contributed by atoms with E-state index in [1.807, 2.05) is 0 Å². The fourth-order valence-corrected chi connectivity index (χ4v) is 2.49. The van der Waals surface area contributed by atoms with Crippen LogP contribution in [-0.4, -0.2) is 12.6 Å². The molecular formula is C13H17ClFN. The van der Waals surface area contributed by atoms with Gasteiger partial charge in [0, 0.05) is 16.6 Å². The maximum Gasteiger partial charge on any atom is 0.127 e. The van der Waals surface area contributed by atoms with Crippen LogP contribution < -0.4 is 5.32 Å². The van der Waals surface area contributed by atoms with E-state index in [1.165, 1.54) is 25.3 Å². The van der Waals surface area contributed by atoms with Gasteiger partial charge in [-0.1, -0.05) is 30.5 Å². The topological polar surface area (TPSA) is 12.0 Å². The maximum atomic E-state index is 13.6. The molecule has 1 aliphatic heterocycles. The average Bonchev–Trinajstić information content (AvgIpc) is 2.52. The van der Waals surface area contributed by atoms with Crippen molar-refractivity contribution in [2.24, 2.45) is 0 Å². The number of halogens is 2. The second-order valence-electron chi connectivity index (χ2n) is 4.40. The van der Waals surface area contributed by atoms with Gasteiger partial charge < -0.3 is 5.32 Å². The third-order valence-corrected chi connectivity index (χ3v) is 3.53. The highest BCUT2D eigenvalue weighted by atomic mass is 35.5. The standard InChI is InChI=1S/C13H17ClFN/c14-12-6-4-7-13(15)11(12)9-10-5-2-1-3-8-16-10/h4,6-7,10,16H,1-3,5,8-9H2. The Morgan fingerprint density at radius 3 is 3.00 bits per heavy atom. The first-order valence-electron chi connectivity index (χ1n) is 5.93. The zero-order valence-corrected chi connectivity index (χ0v) is 10.1. The molecule has 1 aromatic carbocycles. The summed E-state index contributed by atoms with van der Waals surface area (Å²) in [6, 6.07) is 5.27. The van der Waals surface area contributed by atoms with E-state index in [9.17, 15) is 4.39 Å². The van der Waals surface area contributed by atoms with Crippen molar-refractivity contribution in [1.82, 2.24) is 5.32 Å². The molecule has 1 atom stereocenters. The van der Waals surface area contributed by atoms with Crippen molar-refractivity contribution >= 4 is 11.6 Å². The van der Waals surface area contributed by atoms with Crippen molar-refractivity contribution < 1.29 is 4.39 Å². The van der Waals surface area contributed by atoms with Gasteiger partial charge in [-0.15, -0.1) is 0 Å². The molecule has 1 aliphatic rings. The molecule has 1 saturated heterocycles. The van der Waals surface area contributed by atoms with Crippen LogP contribution in [0.1, 0.15) is 31.2 Å². The first-order chi connectivity index (χ1) is 7.77. The third-order valence-electron chi connectivity index (χ3n) is 3.17. The number of rotatable bonds is 2. The van der Waals surface area contributed by atoms with Crippen LogP contribution in [0.4, 0.5) is 4.39 Å². The van der Waals surface area contributed by atoms with Gasteiger partial charge in [0.25, 0.3) is 0 Å². The molecule has 16 heavy (non-hydrogen) atoms. The van der Waals surface area contributed by atoms with Gasteiger partial charge in [-0.25, -0.2) is 4.39 Å². The van der Waals surface area contributed by atoms with Crippen LogP contribution in [0.2, 0.25) is 5.02 Å². The van der Waals surface area contributed by atoms with Gasteiger partial charge in [-0.05, 0) is 37.9 Å². The average molecular weight is 242 g/mol. The fraction of sp³-hybridized carbons (Fsp3) is 0.538. The van der Waals surface area contributed by atoms with E-state index in [-0.39, 0.29) is 5.82 Å². The first-order valence-corrected chi connectivity index (χ1v) is 6.31. The lowest BCUT2D eigenvalue weighted by atomic mass is 10.0. The van der Waals surface area contributed by atoms with Gasteiger partial charge in [0.05, 0.1) is 0 Å². The molecule has 0 aliphatic carbocycles. The normalized spacial score (nSPS) is 21.8. The minimum atomic E-state index is -0.182. The quantitative estimate of drug-likeness (QED) is 0.835. The Kier molecular flexibility index (Phi) is 4.19. The molecule has 1 aromatic rings. The molecule has 1 N–H and O–H groups in total. The second kappa shape index (κ2) is 5.65. The highest BCUT2D eigenvalue weighted by molar-refractivity contribution is 6.31. The van der Waals surface area contributed by atoms with Gasteiger partial charge in [-0.2, -0.15) is 0 Å². The van der Waals surface area contributed by atoms with Crippen molar-refractivity contribution in [2.75, 3.05) is 6.54 Å². The zero-order valence-electron chi connectivity index (χ0n) is 9.31. The fourth-order valence-electron chi connectivity index (χ4n) is 2.25. The number of hydrogen-bond donors (Lipinski definition) is 1. The summed E-state index contributed by atoms with van der Waals surface area (Å²) in [5.41, 5.74) is 0.656. The Balaban J connectivity index is 2.07. The molecule has 3 heteroatoms. The molecule has 1 unspecified atom stereocenters. The Morgan fingerprint density at radius 1 is 1.31 bits per heavy atom. The Hall–Kier alpha value is -0.600. The molecule has 0 bridgehead atoms. The van der Waals surface area contributed by atoms with Crippen LogP contribution in [0, 0.1) is 5.82 Å². The molecule has 0 spiro atoms. The minimum absolute atomic E-state index is 0.182. The third kappa shape index (κ3) is 2.96. The minimum Gasteiger partial charge on any atom is -0.314 e. The van der Waals surface area contributed by atoms with Crippen LogP contribution in [0.15, 0.2) is 18.2 Å². The summed E-state index contributed by atoms with van der Waals surface area (Å²) in [6.07, 6.45) is 5.54. The van der Waals surface area contributed by atoms with E-state index in [0.29, 0.717) is 23.0 Å². The lowest BCUT2D eigenvalue weighted by Gasteiger charge is -2.16. The summed E-state index contributed by atoms with van der Waals surface area (Å²) in [6.45, 7) is 1.04. The van der Waals surface area contributed by atoms with Crippen LogP contribution in [0.25, 0.3) is 0 Å². The second-order valence-corrected chi connectivity index (χ2v) is 4.81. The van der Waals surface area contributed by atoms with Crippen LogP contribution in [0.3, 0.4) is 0 Å². The number of benzene rings is 1. The smallest absolute Gasteiger partial charge is 0.127 e. The Bertz CT molecular complexity index is 326. The predicted octanol–water partition coefficient (Wildman–Crippen LogP) is 3.55. The van der Waals surface area contributed by atoms with E-state index in [4.69, 9.17) is 11.6 Å². The summed E-state index contributed by atoms with van der Waals surface area (Å²) in [5, 5.41) is 4.01. The summed E-state index contributed by atoms with van der Waals surface area (Å²) in [7, 11) is 0. The molecule has 0 aromatic heterocycles. The van der Waals surface area contributed by atoms with E-state index in [2.05, 4.69) is 5.32 Å². The highest BCUT2D eigenvalue weighted by Gasteiger charge is 2.15. The largest absolute Gasteiger partial charge is 0.314 e. The molecule has 88 valence electrons. The van der Waals surface area contributed by atoms with E-state index in [0.717, 1.165) is 13.0 Å². The molecular weight excluding hydrogens is 225 g/mol. The monoisotopic (exact) mass is 241 g/mol. The van der Waals surface area contributed by atoms with Crippen molar-refractivity contribution in [3.8, 4) is 0 Å². The summed E-state index contributed by atoms with van der Waals surface area (Å²) < 4.78 is 13.6. The van der Waals surface area contributed by atoms with E-state index >= 15 is 0 Å². The van der Waals surface area contributed by atoms with Crippen molar-refractivity contribution in [3.05, 3.63) is 34.6 Å². The molecule has 0 saturated carbocycles. The summed E-state index contributed by atoms with van der Waals surface area (Å²) in [4.78, 5) is 0. The molecule has 1 nitrogen and oxygen atoms in total. The number of hydrogen-bond acceptors (Lipinski definition) is 1. The maximum absolute atomic E-state index is 13.6. The van der Waals surface area contributed by atoms with Crippen molar-refractivity contribution in [3.63, 3.8) is 0 Å². The van der Waals surface area contributed by atoms with Gasteiger partial charge in [0.2, 0.25) is 0 Å². The summed E-state index contributed by atoms with van der Waals surface area (Å²) in [5.74, 6) is -0.182. The lowest BCUT2D eigenvalue weighted by Crippen LogP contribution is -2.30. The molecule has 0 amide bonds. The van der Waals surface area contributed by atoms with Crippen LogP contribution >= 0.6 is 11.6 Å². The van der Waals surface area contributed by atoms with Gasteiger partial charge in [0.15, 0.2) is 0 Å². The molecule has 1 fully saturated rings. The zero-order chi connectivity index (χ0) is 11.4. The van der Waals surface area contributed by atoms with Gasteiger partial charge in [0.1, 0.15) is 5.82 Å². The van der Waals surface area contributed by atoms with Crippen LogP contribution in [-0.2, 0) is 6.42 Å².